The monoisotopic (exact) mass is 630 g/mol. The van der Waals surface area contributed by atoms with E-state index >= 15 is 0 Å². The van der Waals surface area contributed by atoms with Gasteiger partial charge in [0.05, 0.1) is 14.2 Å². The van der Waals surface area contributed by atoms with E-state index in [-0.39, 0.29) is 6.42 Å². The fourth-order valence-corrected chi connectivity index (χ4v) is 6.56. The molecule has 1 heterocycles. The van der Waals surface area contributed by atoms with E-state index in [1.165, 1.54) is 0 Å². The molecule has 1 aromatic heterocycles. The van der Waals surface area contributed by atoms with Gasteiger partial charge < -0.3 is 18.9 Å². The van der Waals surface area contributed by atoms with E-state index in [0.717, 1.165) is 61.5 Å². The van der Waals surface area contributed by atoms with E-state index in [4.69, 9.17) is 9.47 Å². The number of nitrogens with zero attached hydrogens (tertiary/aromatic N) is 2. The molecule has 1 atom stereocenters. The summed E-state index contributed by atoms with van der Waals surface area (Å²) in [5.74, 6) is 6.85. The summed E-state index contributed by atoms with van der Waals surface area (Å²) in [4.78, 5) is 2.18. The fourth-order valence-electron chi connectivity index (χ4n) is 5.89. The second-order valence-electron chi connectivity index (χ2n) is 10.9. The van der Waals surface area contributed by atoms with Gasteiger partial charge in [-0.15, -0.1) is 5.92 Å². The average Bonchev–Trinajstić information content (AvgIpc) is 3.40. The third-order valence-corrected chi connectivity index (χ3v) is 9.24. The Bertz CT molecular complexity index is 2110. The zero-order valence-corrected chi connectivity index (χ0v) is 26.7. The molecule has 0 aliphatic heterocycles. The van der Waals surface area contributed by atoms with Gasteiger partial charge in [0.25, 0.3) is 10.1 Å². The Morgan fingerprint density at radius 2 is 1.24 bits per heavy atom. The van der Waals surface area contributed by atoms with Crippen LogP contribution in [0.15, 0.2) is 115 Å². The molecule has 0 amide bonds. The molecule has 6 aromatic rings. The Labute approximate surface area is 269 Å². The fraction of sp³-hybridized carbons (Fsp3) is 0.158. The molecule has 0 spiro atoms. The van der Waals surface area contributed by atoms with Gasteiger partial charge in [-0.1, -0.05) is 42.3 Å². The highest BCUT2D eigenvalue weighted by Gasteiger charge is 2.22. The Morgan fingerprint density at radius 3 is 1.78 bits per heavy atom. The lowest BCUT2D eigenvalue weighted by molar-refractivity contribution is 0.415. The number of methoxy groups -OCH3 is 2. The largest absolute Gasteiger partial charge is 0.497 e. The van der Waals surface area contributed by atoms with E-state index in [2.05, 4.69) is 69.8 Å². The normalized spacial score (nSPS) is 12.0. The summed E-state index contributed by atoms with van der Waals surface area (Å²) >= 11 is 0. The summed E-state index contributed by atoms with van der Waals surface area (Å²) in [5.41, 5.74) is 7.11. The minimum atomic E-state index is -4.28. The van der Waals surface area contributed by atoms with Crippen LogP contribution in [0.2, 0.25) is 0 Å². The number of fused-ring (bicyclic) bond motifs is 3. The topological polar surface area (TPSA) is 81.0 Å². The van der Waals surface area contributed by atoms with Crippen LogP contribution in [0.25, 0.3) is 32.9 Å². The van der Waals surface area contributed by atoms with E-state index in [1.54, 1.807) is 21.1 Å². The van der Waals surface area contributed by atoms with Crippen LogP contribution in [-0.4, -0.2) is 37.0 Å². The summed E-state index contributed by atoms with van der Waals surface area (Å²) in [5, 5.41) is 1.01. The zero-order chi connectivity index (χ0) is 32.3. The van der Waals surface area contributed by atoms with Crippen molar-refractivity contribution in [3.63, 3.8) is 0 Å². The van der Waals surface area contributed by atoms with Gasteiger partial charge in [-0.3, -0.25) is 4.55 Å². The van der Waals surface area contributed by atoms with Gasteiger partial charge in [0.2, 0.25) is 0 Å². The second-order valence-corrected chi connectivity index (χ2v) is 12.5. The maximum atomic E-state index is 11.9. The molecule has 0 radical (unpaired) electrons. The summed E-state index contributed by atoms with van der Waals surface area (Å²) in [6.45, 7) is 1.96. The van der Waals surface area contributed by atoms with Crippen molar-refractivity contribution < 1.29 is 22.4 Å². The van der Waals surface area contributed by atoms with E-state index in [0.29, 0.717) is 6.54 Å². The molecule has 1 unspecified atom stereocenters. The number of para-hydroxylation sites is 1. The van der Waals surface area contributed by atoms with E-state index in [1.807, 2.05) is 66.7 Å². The Hall–Kier alpha value is -5.23. The zero-order valence-electron chi connectivity index (χ0n) is 25.8. The highest BCUT2D eigenvalue weighted by atomic mass is 32.2. The van der Waals surface area contributed by atoms with Gasteiger partial charge in [-0.25, -0.2) is 0 Å². The van der Waals surface area contributed by atoms with E-state index < -0.39 is 15.4 Å². The van der Waals surface area contributed by atoms with Crippen molar-refractivity contribution in [1.82, 2.24) is 4.57 Å². The number of anilines is 3. The molecule has 46 heavy (non-hydrogen) atoms. The van der Waals surface area contributed by atoms with Gasteiger partial charge >= 0.3 is 0 Å². The smallest absolute Gasteiger partial charge is 0.279 e. The maximum Gasteiger partial charge on any atom is 0.279 e. The first kappa shape index (κ1) is 30.8. The first-order valence-corrected chi connectivity index (χ1v) is 16.4. The highest BCUT2D eigenvalue weighted by molar-refractivity contribution is 7.86. The van der Waals surface area contributed by atoms with Crippen LogP contribution in [0, 0.1) is 11.8 Å². The van der Waals surface area contributed by atoms with Crippen LogP contribution in [0.1, 0.15) is 13.3 Å². The van der Waals surface area contributed by atoms with Crippen LogP contribution < -0.4 is 14.4 Å². The van der Waals surface area contributed by atoms with Crippen LogP contribution in [0.5, 0.6) is 11.5 Å². The van der Waals surface area contributed by atoms with Gasteiger partial charge in [0, 0.05) is 45.4 Å². The molecule has 232 valence electrons. The lowest BCUT2D eigenvalue weighted by atomic mass is 10.0. The highest BCUT2D eigenvalue weighted by Crippen LogP contribution is 2.38. The van der Waals surface area contributed by atoms with Crippen molar-refractivity contribution in [3.05, 3.63) is 115 Å². The summed E-state index contributed by atoms with van der Waals surface area (Å²) < 4.78 is 46.4. The second kappa shape index (κ2) is 13.0. The van der Waals surface area contributed by atoms with Crippen LogP contribution in [-0.2, 0) is 16.7 Å². The van der Waals surface area contributed by atoms with Crippen LogP contribution >= 0.6 is 0 Å². The van der Waals surface area contributed by atoms with Crippen molar-refractivity contribution in [2.24, 2.45) is 0 Å². The SMILES string of the molecule is CC#CC(CCn1c2ccccc2c2cc(-c3ccc(N(c4ccc(OC)cc4)c4ccc(OC)cc4)cc3)ccc21)S(=O)(=O)O. The molecule has 8 heteroatoms. The van der Waals surface area contributed by atoms with Crippen molar-refractivity contribution in [2.75, 3.05) is 19.1 Å². The number of aryl methyl sites for hydroxylation is 1. The predicted molar refractivity (Wildman–Crippen MR) is 186 cm³/mol. The molecule has 0 bridgehead atoms. The minimum Gasteiger partial charge on any atom is -0.497 e. The number of hydrogen-bond acceptors (Lipinski definition) is 5. The summed E-state index contributed by atoms with van der Waals surface area (Å²) in [6.07, 6.45) is 0.176. The van der Waals surface area contributed by atoms with Crippen LogP contribution in [0.4, 0.5) is 17.1 Å². The number of benzene rings is 5. The van der Waals surface area contributed by atoms with Gasteiger partial charge in [0.1, 0.15) is 16.7 Å². The minimum absolute atomic E-state index is 0.176. The van der Waals surface area contributed by atoms with Gasteiger partial charge in [-0.05, 0) is 103 Å². The number of hydrogen-bond donors (Lipinski definition) is 1. The van der Waals surface area contributed by atoms with E-state index in [9.17, 15) is 13.0 Å². The molecule has 0 aliphatic carbocycles. The first-order chi connectivity index (χ1) is 22.3. The quantitative estimate of drug-likeness (QED) is 0.121. The lowest BCUT2D eigenvalue weighted by Crippen LogP contribution is -2.20. The molecule has 0 saturated carbocycles. The van der Waals surface area contributed by atoms with Crippen molar-refractivity contribution in [3.8, 4) is 34.5 Å². The number of ether oxygens (including phenoxy) is 2. The predicted octanol–water partition coefficient (Wildman–Crippen LogP) is 8.62. The van der Waals surface area contributed by atoms with Gasteiger partial charge in [0.15, 0.2) is 0 Å². The molecule has 0 fully saturated rings. The Balaban J connectivity index is 1.36. The van der Waals surface area contributed by atoms with Gasteiger partial charge in [-0.2, -0.15) is 8.42 Å². The number of aromatic nitrogens is 1. The van der Waals surface area contributed by atoms with Crippen molar-refractivity contribution >= 4 is 49.0 Å². The van der Waals surface area contributed by atoms with Crippen molar-refractivity contribution in [1.29, 1.82) is 0 Å². The standard InChI is InChI=1S/C38H34N2O5S/c1-4-7-34(46(41,42)43)24-25-39-37-9-6-5-8-35(37)36-26-28(12-23-38(36)39)27-10-13-29(14-11-27)40(30-15-19-32(44-2)20-16-30)31-17-21-33(45-3)22-18-31/h5-6,8-23,26,34H,24-25H2,1-3H3,(H,41,42,43). The Morgan fingerprint density at radius 1 is 0.717 bits per heavy atom. The molecule has 7 nitrogen and oxygen atoms in total. The molecule has 5 aromatic carbocycles. The molecule has 0 aliphatic rings. The molecule has 0 saturated heterocycles. The third kappa shape index (κ3) is 6.16. The summed E-state index contributed by atoms with van der Waals surface area (Å²) in [7, 11) is -0.965. The number of rotatable bonds is 10. The Kier molecular flexibility index (Phi) is 8.71. The molecule has 1 N–H and O–H groups in total. The van der Waals surface area contributed by atoms with Crippen molar-refractivity contribution in [2.45, 2.75) is 25.1 Å². The van der Waals surface area contributed by atoms with Crippen LogP contribution in [0.3, 0.4) is 0 Å². The maximum absolute atomic E-state index is 11.9. The molecular weight excluding hydrogens is 596 g/mol. The lowest BCUT2D eigenvalue weighted by Gasteiger charge is -2.26. The summed E-state index contributed by atoms with van der Waals surface area (Å²) in [6, 6.07) is 38.8. The molecular formula is C38H34N2O5S. The molecule has 6 rings (SSSR count). The third-order valence-electron chi connectivity index (χ3n) is 8.17. The average molecular weight is 631 g/mol. The first-order valence-electron chi connectivity index (χ1n) is 14.9.